The average Bonchev–Trinajstić information content (AvgIpc) is 3.11. The third-order valence-corrected chi connectivity index (χ3v) is 4.19. The molecular formula is C20H17ClN4O3. The Morgan fingerprint density at radius 3 is 2.57 bits per heavy atom. The molecule has 0 unspecified atom stereocenters. The maximum absolute atomic E-state index is 12.5. The van der Waals surface area contributed by atoms with Gasteiger partial charge in [-0.25, -0.2) is 4.98 Å². The van der Waals surface area contributed by atoms with Gasteiger partial charge in [0.25, 0.3) is 0 Å². The van der Waals surface area contributed by atoms with Crippen LogP contribution < -0.4 is 10.6 Å². The van der Waals surface area contributed by atoms with E-state index in [2.05, 4.69) is 15.6 Å². The first-order valence-corrected chi connectivity index (χ1v) is 8.77. The quantitative estimate of drug-likeness (QED) is 0.512. The summed E-state index contributed by atoms with van der Waals surface area (Å²) in [7, 11) is 1.72. The van der Waals surface area contributed by atoms with Crippen LogP contribution >= 0.6 is 11.6 Å². The molecule has 0 fully saturated rings. The summed E-state index contributed by atoms with van der Waals surface area (Å²) in [6, 6.07) is 13.3. The Balaban J connectivity index is 1.63. The largest absolute Gasteiger partial charge is 0.344 e. The van der Waals surface area contributed by atoms with Crippen molar-refractivity contribution in [1.82, 2.24) is 14.9 Å². The lowest BCUT2D eigenvalue weighted by atomic mass is 10.1. The molecule has 2 N–H and O–H groups in total. The summed E-state index contributed by atoms with van der Waals surface area (Å²) >= 11 is 5.89. The number of ketones is 1. The van der Waals surface area contributed by atoms with Crippen molar-refractivity contribution in [2.45, 2.75) is 6.54 Å². The summed E-state index contributed by atoms with van der Waals surface area (Å²) in [6.07, 6.45) is 3.20. The molecule has 0 saturated heterocycles. The van der Waals surface area contributed by atoms with Crippen LogP contribution in [0.3, 0.4) is 0 Å². The molecule has 8 heteroatoms. The molecule has 1 aromatic heterocycles. The van der Waals surface area contributed by atoms with Gasteiger partial charge >= 0.3 is 11.8 Å². The van der Waals surface area contributed by atoms with Crippen molar-refractivity contribution in [2.75, 3.05) is 5.32 Å². The van der Waals surface area contributed by atoms with E-state index in [9.17, 15) is 14.4 Å². The molecule has 1 heterocycles. The monoisotopic (exact) mass is 396 g/mol. The fourth-order valence-corrected chi connectivity index (χ4v) is 2.76. The molecule has 142 valence electrons. The van der Waals surface area contributed by atoms with E-state index in [-0.39, 0.29) is 18.2 Å². The van der Waals surface area contributed by atoms with Gasteiger partial charge in [-0.15, -0.1) is 0 Å². The van der Waals surface area contributed by atoms with Gasteiger partial charge in [0, 0.05) is 42.3 Å². The summed E-state index contributed by atoms with van der Waals surface area (Å²) in [6.45, 7) is 0.171. The minimum Gasteiger partial charge on any atom is -0.344 e. The number of hydrogen-bond donors (Lipinski definition) is 2. The summed E-state index contributed by atoms with van der Waals surface area (Å²) in [5.74, 6) is -1.62. The molecule has 0 aliphatic heterocycles. The molecule has 28 heavy (non-hydrogen) atoms. The molecule has 0 aliphatic rings. The van der Waals surface area contributed by atoms with E-state index in [0.717, 1.165) is 5.56 Å². The zero-order valence-corrected chi connectivity index (χ0v) is 15.7. The maximum Gasteiger partial charge on any atom is 0.313 e. The predicted octanol–water partition coefficient (Wildman–Crippen LogP) is 2.56. The first kappa shape index (κ1) is 19.3. The van der Waals surface area contributed by atoms with Crippen molar-refractivity contribution in [3.63, 3.8) is 0 Å². The van der Waals surface area contributed by atoms with Gasteiger partial charge in [-0.1, -0.05) is 35.9 Å². The lowest BCUT2D eigenvalue weighted by Gasteiger charge is -2.08. The number of amides is 2. The van der Waals surface area contributed by atoms with Crippen molar-refractivity contribution in [2.24, 2.45) is 7.05 Å². The van der Waals surface area contributed by atoms with Crippen LogP contribution in [-0.4, -0.2) is 27.1 Å². The van der Waals surface area contributed by atoms with Crippen LogP contribution in [0.4, 0.5) is 5.69 Å². The van der Waals surface area contributed by atoms with E-state index in [1.165, 1.54) is 12.3 Å². The van der Waals surface area contributed by atoms with Crippen LogP contribution in [0.15, 0.2) is 60.9 Å². The van der Waals surface area contributed by atoms with E-state index in [0.29, 0.717) is 16.3 Å². The van der Waals surface area contributed by atoms with Crippen LogP contribution in [-0.2, 0) is 23.2 Å². The van der Waals surface area contributed by atoms with Crippen molar-refractivity contribution >= 4 is 34.9 Å². The first-order chi connectivity index (χ1) is 13.4. The maximum atomic E-state index is 12.5. The normalized spacial score (nSPS) is 10.4. The Morgan fingerprint density at radius 1 is 1.07 bits per heavy atom. The summed E-state index contributed by atoms with van der Waals surface area (Å²) < 4.78 is 1.61. The first-order valence-electron chi connectivity index (χ1n) is 8.40. The Hall–Kier alpha value is -3.45. The molecular weight excluding hydrogens is 380 g/mol. The Kier molecular flexibility index (Phi) is 5.86. The highest BCUT2D eigenvalue weighted by atomic mass is 35.5. The van der Waals surface area contributed by atoms with E-state index < -0.39 is 11.8 Å². The van der Waals surface area contributed by atoms with Gasteiger partial charge in [0.2, 0.25) is 5.78 Å². The number of nitrogens with zero attached hydrogens (tertiary/aromatic N) is 2. The second-order valence-electron chi connectivity index (χ2n) is 6.04. The molecule has 0 spiro atoms. The molecule has 3 aromatic rings. The van der Waals surface area contributed by atoms with Crippen LogP contribution in [0.1, 0.15) is 21.7 Å². The van der Waals surface area contributed by atoms with Gasteiger partial charge in [-0.3, -0.25) is 14.4 Å². The lowest BCUT2D eigenvalue weighted by molar-refractivity contribution is -0.136. The van der Waals surface area contributed by atoms with Gasteiger partial charge in [0.05, 0.1) is 0 Å². The molecule has 0 aliphatic carbocycles. The van der Waals surface area contributed by atoms with E-state index in [4.69, 9.17) is 11.6 Å². The van der Waals surface area contributed by atoms with Crippen molar-refractivity contribution in [1.29, 1.82) is 0 Å². The lowest BCUT2D eigenvalue weighted by Crippen LogP contribution is -2.35. The Morgan fingerprint density at radius 2 is 1.86 bits per heavy atom. The highest BCUT2D eigenvalue weighted by molar-refractivity contribution is 6.39. The number of nitrogens with one attached hydrogen (secondary N) is 2. The highest BCUT2D eigenvalue weighted by Crippen LogP contribution is 2.14. The number of carbonyl (C=O) groups is 3. The number of aryl methyl sites for hydroxylation is 1. The summed E-state index contributed by atoms with van der Waals surface area (Å²) in [5, 5.41) is 5.56. The van der Waals surface area contributed by atoms with E-state index in [1.807, 2.05) is 0 Å². The van der Waals surface area contributed by atoms with Gasteiger partial charge in [0.1, 0.15) is 0 Å². The third-order valence-electron chi connectivity index (χ3n) is 3.96. The van der Waals surface area contributed by atoms with Crippen LogP contribution in [0.2, 0.25) is 5.02 Å². The predicted molar refractivity (Wildman–Crippen MR) is 105 cm³/mol. The van der Waals surface area contributed by atoms with E-state index >= 15 is 0 Å². The van der Waals surface area contributed by atoms with Crippen molar-refractivity contribution in [3.05, 3.63) is 82.9 Å². The molecule has 2 amide bonds. The highest BCUT2D eigenvalue weighted by Gasteiger charge is 2.17. The molecule has 0 saturated carbocycles. The molecule has 0 bridgehead atoms. The van der Waals surface area contributed by atoms with Gasteiger partial charge in [-0.05, 0) is 29.8 Å². The second kappa shape index (κ2) is 8.49. The number of halogens is 1. The van der Waals surface area contributed by atoms with Crippen LogP contribution in [0.5, 0.6) is 0 Å². The number of aromatic nitrogens is 2. The molecule has 0 radical (unpaired) electrons. The Bertz CT molecular complexity index is 1050. The van der Waals surface area contributed by atoms with Crippen molar-refractivity contribution < 1.29 is 14.4 Å². The van der Waals surface area contributed by atoms with E-state index in [1.54, 1.807) is 60.3 Å². The standard InChI is InChI=1S/C20H17ClN4O3/c1-25-9-8-22-18(25)17(26)14-5-3-7-16(11-14)24-20(28)19(27)23-12-13-4-2-6-15(21)10-13/h2-11H,12H2,1H3,(H,23,27)(H,24,28). The van der Waals surface area contributed by atoms with Gasteiger partial charge in [-0.2, -0.15) is 0 Å². The molecule has 7 nitrogen and oxygen atoms in total. The fraction of sp³-hybridized carbons (Fsp3) is 0.100. The zero-order chi connectivity index (χ0) is 20.1. The minimum absolute atomic E-state index is 0.171. The van der Waals surface area contributed by atoms with Crippen molar-refractivity contribution in [3.8, 4) is 0 Å². The number of anilines is 1. The molecule has 3 rings (SSSR count). The van der Waals surface area contributed by atoms with Gasteiger partial charge < -0.3 is 15.2 Å². The second-order valence-corrected chi connectivity index (χ2v) is 6.47. The molecule has 0 atom stereocenters. The molecule has 2 aromatic carbocycles. The average molecular weight is 397 g/mol. The number of imidazole rings is 1. The number of hydrogen-bond acceptors (Lipinski definition) is 4. The van der Waals surface area contributed by atoms with Gasteiger partial charge in [0.15, 0.2) is 5.82 Å². The summed E-state index contributed by atoms with van der Waals surface area (Å²) in [4.78, 5) is 40.7. The smallest absolute Gasteiger partial charge is 0.313 e. The SMILES string of the molecule is Cn1ccnc1C(=O)c1cccc(NC(=O)C(=O)NCc2cccc(Cl)c2)c1. The Labute approximate surface area is 166 Å². The number of benzene rings is 2. The minimum atomic E-state index is -0.830. The van der Waals surface area contributed by atoms with Crippen LogP contribution in [0, 0.1) is 0 Å². The van der Waals surface area contributed by atoms with Crippen LogP contribution in [0.25, 0.3) is 0 Å². The third kappa shape index (κ3) is 4.63. The zero-order valence-electron chi connectivity index (χ0n) is 15.0. The topological polar surface area (TPSA) is 93.1 Å². The summed E-state index contributed by atoms with van der Waals surface area (Å²) in [5.41, 5.74) is 1.46. The fourth-order valence-electron chi connectivity index (χ4n) is 2.55. The number of carbonyl (C=O) groups excluding carboxylic acids is 3. The number of rotatable bonds is 5.